The molecular weight excluding hydrogens is 398 g/mol. The minimum absolute atomic E-state index is 0.660. The van der Waals surface area contributed by atoms with E-state index in [0.717, 1.165) is 31.7 Å². The first-order chi connectivity index (χ1) is 10.0. The molecule has 112 valence electrons. The molecule has 0 aliphatic carbocycles. The Morgan fingerprint density at radius 2 is 1.67 bits per heavy atom. The minimum Gasteiger partial charge on any atom is -0.497 e. The Balaban J connectivity index is 2.20. The summed E-state index contributed by atoms with van der Waals surface area (Å²) in [6.45, 7) is 2.72. The Hall–Kier alpha value is -1.20. The smallest absolute Gasteiger partial charge is 0.127 e. The van der Waals surface area contributed by atoms with Crippen LogP contribution in [0.3, 0.4) is 0 Å². The second kappa shape index (κ2) is 7.18. The van der Waals surface area contributed by atoms with Crippen LogP contribution in [0.5, 0.6) is 11.5 Å². The Bertz CT molecular complexity index is 621. The Labute approximate surface area is 141 Å². The first-order valence-corrected chi connectivity index (χ1v) is 8.04. The fourth-order valence-electron chi connectivity index (χ4n) is 2.05. The van der Waals surface area contributed by atoms with E-state index in [-0.39, 0.29) is 0 Å². The number of methoxy groups -OCH3 is 2. The SMILES string of the molecule is COc1ccc(CNc2c(Br)cc(C)cc2Br)c(OC)c1. The summed E-state index contributed by atoms with van der Waals surface area (Å²) >= 11 is 7.17. The van der Waals surface area contributed by atoms with Gasteiger partial charge in [0.15, 0.2) is 0 Å². The van der Waals surface area contributed by atoms with Gasteiger partial charge in [-0.15, -0.1) is 0 Å². The zero-order valence-electron chi connectivity index (χ0n) is 12.2. The van der Waals surface area contributed by atoms with Gasteiger partial charge in [0.1, 0.15) is 11.5 Å². The molecule has 2 aromatic rings. The number of anilines is 1. The van der Waals surface area contributed by atoms with Crippen molar-refractivity contribution in [3.8, 4) is 11.5 Å². The van der Waals surface area contributed by atoms with Crippen molar-refractivity contribution in [1.29, 1.82) is 0 Å². The topological polar surface area (TPSA) is 30.5 Å². The van der Waals surface area contributed by atoms with E-state index >= 15 is 0 Å². The van der Waals surface area contributed by atoms with Gasteiger partial charge in [-0.2, -0.15) is 0 Å². The molecular formula is C16H17Br2NO2. The maximum Gasteiger partial charge on any atom is 0.127 e. The second-order valence-corrected chi connectivity index (χ2v) is 6.34. The largest absolute Gasteiger partial charge is 0.497 e. The molecule has 2 rings (SSSR count). The van der Waals surface area contributed by atoms with Crippen molar-refractivity contribution in [3.63, 3.8) is 0 Å². The number of hydrogen-bond acceptors (Lipinski definition) is 3. The lowest BCUT2D eigenvalue weighted by molar-refractivity contribution is 0.391. The van der Waals surface area contributed by atoms with Crippen molar-refractivity contribution in [1.82, 2.24) is 0 Å². The van der Waals surface area contributed by atoms with E-state index in [9.17, 15) is 0 Å². The molecule has 0 bridgehead atoms. The molecule has 1 N–H and O–H groups in total. The van der Waals surface area contributed by atoms with E-state index in [0.29, 0.717) is 6.54 Å². The first-order valence-electron chi connectivity index (χ1n) is 6.45. The van der Waals surface area contributed by atoms with Crippen LogP contribution in [0.4, 0.5) is 5.69 Å². The third kappa shape index (κ3) is 3.92. The highest BCUT2D eigenvalue weighted by atomic mass is 79.9. The predicted molar refractivity (Wildman–Crippen MR) is 93.5 cm³/mol. The molecule has 0 atom stereocenters. The maximum absolute atomic E-state index is 5.41. The van der Waals surface area contributed by atoms with Crippen LogP contribution in [-0.2, 0) is 6.54 Å². The average Bonchev–Trinajstić information content (AvgIpc) is 2.46. The van der Waals surface area contributed by atoms with Crippen LogP contribution in [0, 0.1) is 6.92 Å². The Morgan fingerprint density at radius 3 is 2.24 bits per heavy atom. The summed E-state index contributed by atoms with van der Waals surface area (Å²) in [5.41, 5.74) is 3.29. The molecule has 0 aromatic heterocycles. The lowest BCUT2D eigenvalue weighted by atomic mass is 10.1. The van der Waals surface area contributed by atoms with Gasteiger partial charge < -0.3 is 14.8 Å². The highest BCUT2D eigenvalue weighted by Crippen LogP contribution is 2.33. The predicted octanol–water partition coefficient (Wildman–Crippen LogP) is 5.15. The lowest BCUT2D eigenvalue weighted by Crippen LogP contribution is -2.03. The molecule has 0 radical (unpaired) electrons. The van der Waals surface area contributed by atoms with Crippen molar-refractivity contribution < 1.29 is 9.47 Å². The molecule has 0 saturated heterocycles. The third-order valence-electron chi connectivity index (χ3n) is 3.14. The summed E-state index contributed by atoms with van der Waals surface area (Å²) in [5, 5.41) is 3.42. The van der Waals surface area contributed by atoms with E-state index in [1.807, 2.05) is 18.2 Å². The van der Waals surface area contributed by atoms with E-state index < -0.39 is 0 Å². The summed E-state index contributed by atoms with van der Waals surface area (Å²) in [6.07, 6.45) is 0. The van der Waals surface area contributed by atoms with Gasteiger partial charge >= 0.3 is 0 Å². The summed E-state index contributed by atoms with van der Waals surface area (Å²) in [6, 6.07) is 9.98. The van der Waals surface area contributed by atoms with E-state index in [1.165, 1.54) is 5.56 Å². The van der Waals surface area contributed by atoms with Crippen LogP contribution in [0.25, 0.3) is 0 Å². The molecule has 3 nitrogen and oxygen atoms in total. The van der Waals surface area contributed by atoms with Gasteiger partial charge in [-0.1, -0.05) is 0 Å². The number of halogens is 2. The number of hydrogen-bond donors (Lipinski definition) is 1. The van der Waals surface area contributed by atoms with Crippen LogP contribution < -0.4 is 14.8 Å². The molecule has 0 fully saturated rings. The van der Waals surface area contributed by atoms with Gasteiger partial charge in [-0.05, 0) is 68.6 Å². The third-order valence-corrected chi connectivity index (χ3v) is 4.39. The Kier molecular flexibility index (Phi) is 5.53. The van der Waals surface area contributed by atoms with Crippen molar-refractivity contribution in [2.24, 2.45) is 0 Å². The number of ether oxygens (including phenoxy) is 2. The van der Waals surface area contributed by atoms with Crippen molar-refractivity contribution >= 4 is 37.5 Å². The van der Waals surface area contributed by atoms with E-state index in [1.54, 1.807) is 14.2 Å². The highest BCUT2D eigenvalue weighted by molar-refractivity contribution is 9.11. The number of aryl methyl sites for hydroxylation is 1. The Morgan fingerprint density at radius 1 is 1.00 bits per heavy atom. The van der Waals surface area contributed by atoms with Gasteiger partial charge in [-0.3, -0.25) is 0 Å². The number of benzene rings is 2. The molecule has 0 aliphatic rings. The van der Waals surface area contributed by atoms with Crippen LogP contribution >= 0.6 is 31.9 Å². The normalized spacial score (nSPS) is 10.3. The van der Waals surface area contributed by atoms with Gasteiger partial charge in [0.05, 0.1) is 19.9 Å². The molecule has 21 heavy (non-hydrogen) atoms. The molecule has 0 amide bonds. The van der Waals surface area contributed by atoms with Gasteiger partial charge in [0.25, 0.3) is 0 Å². The van der Waals surface area contributed by atoms with Gasteiger partial charge in [-0.25, -0.2) is 0 Å². The monoisotopic (exact) mass is 413 g/mol. The molecule has 0 heterocycles. The molecule has 5 heteroatoms. The summed E-state index contributed by atoms with van der Waals surface area (Å²) in [4.78, 5) is 0. The zero-order chi connectivity index (χ0) is 15.4. The van der Waals surface area contributed by atoms with Crippen LogP contribution in [0.1, 0.15) is 11.1 Å². The summed E-state index contributed by atoms with van der Waals surface area (Å²) < 4.78 is 12.7. The molecule has 0 saturated carbocycles. The fourth-order valence-corrected chi connectivity index (χ4v) is 3.75. The zero-order valence-corrected chi connectivity index (χ0v) is 15.3. The minimum atomic E-state index is 0.660. The van der Waals surface area contributed by atoms with Crippen LogP contribution in [0.15, 0.2) is 39.3 Å². The first kappa shape index (κ1) is 16.2. The highest BCUT2D eigenvalue weighted by Gasteiger charge is 2.09. The van der Waals surface area contributed by atoms with Gasteiger partial charge in [0, 0.05) is 27.1 Å². The van der Waals surface area contributed by atoms with E-state index in [4.69, 9.17) is 9.47 Å². The standard InChI is InChI=1S/C16H17Br2NO2/c1-10-6-13(17)16(14(18)7-10)19-9-11-4-5-12(20-2)8-15(11)21-3/h4-8,19H,9H2,1-3H3. The van der Waals surface area contributed by atoms with Crippen molar-refractivity contribution in [2.75, 3.05) is 19.5 Å². The summed E-state index contributed by atoms with van der Waals surface area (Å²) in [7, 11) is 3.31. The van der Waals surface area contributed by atoms with Crippen LogP contribution in [-0.4, -0.2) is 14.2 Å². The quantitative estimate of drug-likeness (QED) is 0.733. The number of nitrogens with one attached hydrogen (secondary N) is 1. The fraction of sp³-hybridized carbons (Fsp3) is 0.250. The average molecular weight is 415 g/mol. The van der Waals surface area contributed by atoms with Crippen LogP contribution in [0.2, 0.25) is 0 Å². The van der Waals surface area contributed by atoms with Gasteiger partial charge in [0.2, 0.25) is 0 Å². The molecule has 2 aromatic carbocycles. The summed E-state index contributed by atoms with van der Waals surface area (Å²) in [5.74, 6) is 1.59. The van der Waals surface area contributed by atoms with Crippen molar-refractivity contribution in [3.05, 3.63) is 50.4 Å². The number of rotatable bonds is 5. The maximum atomic E-state index is 5.41. The lowest BCUT2D eigenvalue weighted by Gasteiger charge is -2.14. The molecule has 0 spiro atoms. The molecule has 0 aliphatic heterocycles. The molecule has 0 unspecified atom stereocenters. The second-order valence-electron chi connectivity index (χ2n) is 4.63. The van der Waals surface area contributed by atoms with E-state index in [2.05, 4.69) is 56.2 Å². The van der Waals surface area contributed by atoms with Crippen molar-refractivity contribution in [2.45, 2.75) is 13.5 Å².